The van der Waals surface area contributed by atoms with E-state index in [1.165, 1.54) is 12.1 Å². The summed E-state index contributed by atoms with van der Waals surface area (Å²) in [6.07, 6.45) is 0.0505. The summed E-state index contributed by atoms with van der Waals surface area (Å²) < 4.78 is 0. The average Bonchev–Trinajstić information content (AvgIpc) is 2.35. The zero-order valence-electron chi connectivity index (χ0n) is 9.84. The molecule has 0 aromatic heterocycles. The minimum Gasteiger partial charge on any atom is -0.504 e. The van der Waals surface area contributed by atoms with Gasteiger partial charge in [-0.25, -0.2) is 5.43 Å². The van der Waals surface area contributed by atoms with Gasteiger partial charge in [0.2, 0.25) is 5.75 Å². The van der Waals surface area contributed by atoms with E-state index >= 15 is 0 Å². The number of phenols is 3. The van der Waals surface area contributed by atoms with Crippen LogP contribution in [0.2, 0.25) is 0 Å². The summed E-state index contributed by atoms with van der Waals surface area (Å²) in [6.45, 7) is 1.63. The number of aromatic hydroxyl groups is 3. The number of nitrogens with two attached hydrogens (primary N) is 1. The van der Waals surface area contributed by atoms with Gasteiger partial charge in [0.1, 0.15) is 5.54 Å². The minimum absolute atomic E-state index is 0.130. The Morgan fingerprint density at radius 2 is 1.94 bits per heavy atom. The number of nitrogens with one attached hydrogen (secondary N) is 1. The Morgan fingerprint density at radius 3 is 2.39 bits per heavy atom. The number of rotatable bonds is 5. The molecule has 0 saturated carbocycles. The fourth-order valence-electron chi connectivity index (χ4n) is 1.65. The highest BCUT2D eigenvalue weighted by Gasteiger charge is 2.36. The predicted molar refractivity (Wildman–Crippen MR) is 63.1 cm³/mol. The van der Waals surface area contributed by atoms with Crippen molar-refractivity contribution in [2.24, 2.45) is 5.84 Å². The van der Waals surface area contributed by atoms with Crippen molar-refractivity contribution < 1.29 is 25.2 Å². The molecule has 0 bridgehead atoms. The first-order valence-electron chi connectivity index (χ1n) is 5.32. The van der Waals surface area contributed by atoms with Crippen LogP contribution in [0.25, 0.3) is 0 Å². The van der Waals surface area contributed by atoms with Crippen LogP contribution in [-0.2, 0) is 11.2 Å². The molecule has 1 aromatic rings. The number of carboxylic acid groups (broad SMARTS) is 1. The summed E-state index contributed by atoms with van der Waals surface area (Å²) in [6, 6.07) is 2.50. The third kappa shape index (κ3) is 2.31. The third-order valence-electron chi connectivity index (χ3n) is 2.99. The monoisotopic (exact) mass is 256 g/mol. The van der Waals surface area contributed by atoms with Crippen LogP contribution in [0.1, 0.15) is 18.9 Å². The van der Waals surface area contributed by atoms with Gasteiger partial charge in [0.05, 0.1) is 0 Å². The molecule has 1 unspecified atom stereocenters. The fraction of sp³-hybridized carbons (Fsp3) is 0.364. The van der Waals surface area contributed by atoms with E-state index in [2.05, 4.69) is 5.43 Å². The first-order valence-corrected chi connectivity index (χ1v) is 5.32. The molecule has 0 aliphatic rings. The van der Waals surface area contributed by atoms with Crippen LogP contribution in [-0.4, -0.2) is 31.9 Å². The molecule has 0 heterocycles. The number of hydrogen-bond donors (Lipinski definition) is 6. The summed E-state index contributed by atoms with van der Waals surface area (Å²) in [7, 11) is 0. The second-order valence-electron chi connectivity index (χ2n) is 4.00. The zero-order valence-corrected chi connectivity index (χ0v) is 9.84. The Bertz CT molecular complexity index is 457. The van der Waals surface area contributed by atoms with Crippen molar-refractivity contribution in [3.8, 4) is 17.2 Å². The van der Waals surface area contributed by atoms with Gasteiger partial charge in [0, 0.05) is 12.0 Å². The molecular weight excluding hydrogens is 240 g/mol. The van der Waals surface area contributed by atoms with Crippen LogP contribution in [0.15, 0.2) is 12.1 Å². The summed E-state index contributed by atoms with van der Waals surface area (Å²) in [4.78, 5) is 11.2. The minimum atomic E-state index is -1.44. The molecule has 100 valence electrons. The van der Waals surface area contributed by atoms with Crippen LogP contribution < -0.4 is 11.3 Å². The molecule has 0 fully saturated rings. The van der Waals surface area contributed by atoms with Crippen LogP contribution in [0, 0.1) is 0 Å². The highest BCUT2D eigenvalue weighted by molar-refractivity contribution is 5.79. The molecule has 1 aromatic carbocycles. The van der Waals surface area contributed by atoms with E-state index in [1.54, 1.807) is 6.92 Å². The first kappa shape index (κ1) is 14.1. The number of hydrazine groups is 1. The maximum atomic E-state index is 11.2. The standard InChI is InChI=1S/C11H16N2O5/c1-2-11(13-12,10(17)18)5-6-3-4-7(14)9(16)8(6)15/h3-4,13-16H,2,5,12H2,1H3,(H,17,18). The van der Waals surface area contributed by atoms with Crippen molar-refractivity contribution in [2.45, 2.75) is 25.3 Å². The topological polar surface area (TPSA) is 136 Å². The van der Waals surface area contributed by atoms with E-state index in [9.17, 15) is 20.1 Å². The van der Waals surface area contributed by atoms with E-state index in [-0.39, 0.29) is 18.4 Å². The lowest BCUT2D eigenvalue weighted by atomic mass is 9.88. The van der Waals surface area contributed by atoms with Gasteiger partial charge < -0.3 is 20.4 Å². The number of benzene rings is 1. The third-order valence-corrected chi connectivity index (χ3v) is 2.99. The molecule has 7 N–H and O–H groups in total. The van der Waals surface area contributed by atoms with Crippen molar-refractivity contribution in [2.75, 3.05) is 0 Å². The molecule has 1 rings (SSSR count). The molecule has 7 heteroatoms. The summed E-state index contributed by atoms with van der Waals surface area (Å²) in [5.41, 5.74) is 0.950. The smallest absolute Gasteiger partial charge is 0.325 e. The predicted octanol–water partition coefficient (Wildman–Crippen LogP) is 0.0426. The molecule has 0 aliphatic heterocycles. The van der Waals surface area contributed by atoms with Crippen LogP contribution in [0.3, 0.4) is 0 Å². The summed E-state index contributed by atoms with van der Waals surface area (Å²) >= 11 is 0. The second kappa shape index (κ2) is 5.11. The van der Waals surface area contributed by atoms with Gasteiger partial charge in [0.15, 0.2) is 11.5 Å². The van der Waals surface area contributed by atoms with Gasteiger partial charge in [-0.1, -0.05) is 13.0 Å². The van der Waals surface area contributed by atoms with Gasteiger partial charge >= 0.3 is 5.97 Å². The largest absolute Gasteiger partial charge is 0.504 e. The van der Waals surface area contributed by atoms with Crippen molar-refractivity contribution in [1.82, 2.24) is 5.43 Å². The van der Waals surface area contributed by atoms with Crippen LogP contribution >= 0.6 is 0 Å². The summed E-state index contributed by atoms with van der Waals surface area (Å²) in [5.74, 6) is 2.38. The van der Waals surface area contributed by atoms with Gasteiger partial charge in [0.25, 0.3) is 0 Å². The SMILES string of the molecule is CCC(Cc1ccc(O)c(O)c1O)(NN)C(=O)O. The van der Waals surface area contributed by atoms with Crippen molar-refractivity contribution in [3.63, 3.8) is 0 Å². The van der Waals surface area contributed by atoms with Crippen molar-refractivity contribution in [1.29, 1.82) is 0 Å². The lowest BCUT2D eigenvalue weighted by Crippen LogP contribution is -2.56. The highest BCUT2D eigenvalue weighted by atomic mass is 16.4. The van der Waals surface area contributed by atoms with E-state index in [4.69, 9.17) is 10.9 Å². The number of carboxylic acids is 1. The van der Waals surface area contributed by atoms with Crippen molar-refractivity contribution >= 4 is 5.97 Å². The normalized spacial score (nSPS) is 14.1. The van der Waals surface area contributed by atoms with Crippen LogP contribution in [0.4, 0.5) is 0 Å². The van der Waals surface area contributed by atoms with Crippen LogP contribution in [0.5, 0.6) is 17.2 Å². The second-order valence-corrected chi connectivity index (χ2v) is 4.00. The molecule has 18 heavy (non-hydrogen) atoms. The van der Waals surface area contributed by atoms with Crippen molar-refractivity contribution in [3.05, 3.63) is 17.7 Å². The average molecular weight is 256 g/mol. The Kier molecular flexibility index (Phi) is 4.00. The van der Waals surface area contributed by atoms with Gasteiger partial charge in [-0.15, -0.1) is 0 Å². The van der Waals surface area contributed by atoms with E-state index in [0.29, 0.717) is 0 Å². The van der Waals surface area contributed by atoms with E-state index in [0.717, 1.165) is 0 Å². The number of phenolic OH excluding ortho intramolecular Hbond substituents is 3. The zero-order chi connectivity index (χ0) is 13.9. The Hall–Kier alpha value is -1.99. The maximum Gasteiger partial charge on any atom is 0.325 e. The van der Waals surface area contributed by atoms with Gasteiger partial charge in [-0.3, -0.25) is 10.6 Å². The first-order chi connectivity index (χ1) is 8.38. The van der Waals surface area contributed by atoms with E-state index < -0.39 is 28.8 Å². The molecule has 1 atom stereocenters. The molecule has 0 aliphatic carbocycles. The number of hydrogen-bond acceptors (Lipinski definition) is 6. The Labute approximate surface area is 103 Å². The molecular formula is C11H16N2O5. The molecule has 0 radical (unpaired) electrons. The number of aliphatic carboxylic acids is 1. The molecule has 0 spiro atoms. The Balaban J connectivity index is 3.17. The maximum absolute atomic E-state index is 11.2. The summed E-state index contributed by atoms with van der Waals surface area (Å²) in [5, 5.41) is 37.4. The lowest BCUT2D eigenvalue weighted by molar-refractivity contribution is -0.145. The molecule has 0 saturated heterocycles. The number of carbonyl (C=O) groups is 1. The van der Waals surface area contributed by atoms with Gasteiger partial charge in [-0.2, -0.15) is 0 Å². The van der Waals surface area contributed by atoms with Gasteiger partial charge in [-0.05, 0) is 12.5 Å². The quantitative estimate of drug-likeness (QED) is 0.248. The molecule has 7 nitrogen and oxygen atoms in total. The fourth-order valence-corrected chi connectivity index (χ4v) is 1.65. The van der Waals surface area contributed by atoms with E-state index in [1.807, 2.05) is 0 Å². The lowest BCUT2D eigenvalue weighted by Gasteiger charge is -2.27. The molecule has 0 amide bonds. The highest BCUT2D eigenvalue weighted by Crippen LogP contribution is 2.38. The Morgan fingerprint density at radius 1 is 1.33 bits per heavy atom.